The molecule has 0 spiro atoms. The highest BCUT2D eigenvalue weighted by atomic mass is 16.2. The monoisotopic (exact) mass is 286 g/mol. The normalized spacial score (nSPS) is 16.1. The topological polar surface area (TPSA) is 78.0 Å². The minimum absolute atomic E-state index is 0.0945. The summed E-state index contributed by atoms with van der Waals surface area (Å²) in [5.74, 6) is 0.827. The van der Waals surface area contributed by atoms with Crippen LogP contribution in [0.1, 0.15) is 22.0 Å². The average Bonchev–Trinajstić information content (AvgIpc) is 2.95. The highest BCUT2D eigenvalue weighted by molar-refractivity contribution is 5.90. The van der Waals surface area contributed by atoms with Crippen molar-refractivity contribution in [1.29, 1.82) is 0 Å². The zero-order valence-corrected chi connectivity index (χ0v) is 12.0. The molecule has 0 saturated carbocycles. The molecule has 0 bridgehead atoms. The van der Waals surface area contributed by atoms with Gasteiger partial charge in [0.15, 0.2) is 0 Å². The number of aromatic amines is 1. The number of carbonyl (C=O) groups is 1. The molecule has 3 rings (SSSR count). The Kier molecular flexibility index (Phi) is 3.92. The summed E-state index contributed by atoms with van der Waals surface area (Å²) in [7, 11) is 0. The fourth-order valence-corrected chi connectivity index (χ4v) is 2.44. The van der Waals surface area contributed by atoms with E-state index in [-0.39, 0.29) is 11.7 Å². The Bertz CT molecular complexity index is 603. The van der Waals surface area contributed by atoms with Crippen molar-refractivity contribution in [3.05, 3.63) is 41.7 Å². The molecule has 3 heterocycles. The highest BCUT2D eigenvalue weighted by Crippen LogP contribution is 2.09. The molecule has 1 aliphatic rings. The third-order valence-corrected chi connectivity index (χ3v) is 3.60. The number of piperazine rings is 1. The van der Waals surface area contributed by atoms with Crippen LogP contribution in [0.15, 0.2) is 24.5 Å². The summed E-state index contributed by atoms with van der Waals surface area (Å²) in [6, 6.07) is 4.04. The second-order valence-corrected chi connectivity index (χ2v) is 5.17. The maximum Gasteiger partial charge on any atom is 0.293 e. The van der Waals surface area contributed by atoms with Gasteiger partial charge in [0.1, 0.15) is 5.82 Å². The average molecular weight is 286 g/mol. The van der Waals surface area contributed by atoms with Crippen molar-refractivity contribution in [2.24, 2.45) is 0 Å². The summed E-state index contributed by atoms with van der Waals surface area (Å²) in [5, 5.41) is 6.63. The number of carbonyl (C=O) groups excluding carboxylic acids is 1. The predicted molar refractivity (Wildman–Crippen MR) is 76.5 cm³/mol. The highest BCUT2D eigenvalue weighted by Gasteiger charge is 2.24. The predicted octanol–water partition coefficient (Wildman–Crippen LogP) is 0.466. The SMILES string of the molecule is Cc1nc(C(=O)N2CCN(Cc3ccncc3)CC2)n[nH]1. The maximum atomic E-state index is 12.2. The number of hydrogen-bond acceptors (Lipinski definition) is 5. The summed E-state index contributed by atoms with van der Waals surface area (Å²) in [4.78, 5) is 24.5. The van der Waals surface area contributed by atoms with Gasteiger partial charge in [0, 0.05) is 45.1 Å². The smallest absolute Gasteiger partial charge is 0.293 e. The second kappa shape index (κ2) is 6.01. The first-order valence-corrected chi connectivity index (χ1v) is 7.02. The van der Waals surface area contributed by atoms with Crippen molar-refractivity contribution in [2.75, 3.05) is 26.2 Å². The molecule has 7 heteroatoms. The van der Waals surface area contributed by atoms with E-state index >= 15 is 0 Å². The Morgan fingerprint density at radius 1 is 1.24 bits per heavy atom. The first kappa shape index (κ1) is 13.7. The molecule has 7 nitrogen and oxygen atoms in total. The van der Waals surface area contributed by atoms with E-state index in [0.717, 1.165) is 19.6 Å². The Balaban J connectivity index is 1.54. The summed E-state index contributed by atoms with van der Waals surface area (Å²) in [5.41, 5.74) is 1.24. The molecule has 1 saturated heterocycles. The van der Waals surface area contributed by atoms with Crippen molar-refractivity contribution >= 4 is 5.91 Å². The molecule has 110 valence electrons. The third-order valence-electron chi connectivity index (χ3n) is 3.60. The van der Waals surface area contributed by atoms with Crippen LogP contribution in [0.5, 0.6) is 0 Å². The molecule has 1 aliphatic heterocycles. The standard InChI is InChI=1S/C14H18N6O/c1-11-16-13(18-17-11)14(21)20-8-6-19(7-9-20)10-12-2-4-15-5-3-12/h2-5H,6-10H2,1H3,(H,16,17,18). The van der Waals surface area contributed by atoms with Gasteiger partial charge in [-0.2, -0.15) is 0 Å². The van der Waals surface area contributed by atoms with Gasteiger partial charge in [-0.15, -0.1) is 5.10 Å². The van der Waals surface area contributed by atoms with E-state index < -0.39 is 0 Å². The van der Waals surface area contributed by atoms with Crippen LogP contribution in [0.4, 0.5) is 0 Å². The Morgan fingerprint density at radius 2 is 1.95 bits per heavy atom. The van der Waals surface area contributed by atoms with Crippen LogP contribution in [-0.2, 0) is 6.54 Å². The lowest BCUT2D eigenvalue weighted by Gasteiger charge is -2.34. The zero-order valence-electron chi connectivity index (χ0n) is 12.0. The first-order chi connectivity index (χ1) is 10.2. The van der Waals surface area contributed by atoms with Gasteiger partial charge in [0.25, 0.3) is 5.91 Å². The Morgan fingerprint density at radius 3 is 2.57 bits per heavy atom. The molecule has 21 heavy (non-hydrogen) atoms. The van der Waals surface area contributed by atoms with Crippen LogP contribution in [0, 0.1) is 6.92 Å². The van der Waals surface area contributed by atoms with Crippen LogP contribution >= 0.6 is 0 Å². The van der Waals surface area contributed by atoms with E-state index in [1.807, 2.05) is 17.0 Å². The fourth-order valence-electron chi connectivity index (χ4n) is 2.44. The van der Waals surface area contributed by atoms with Crippen molar-refractivity contribution in [3.8, 4) is 0 Å². The van der Waals surface area contributed by atoms with E-state index in [1.54, 1.807) is 19.3 Å². The minimum atomic E-state index is -0.0945. The quantitative estimate of drug-likeness (QED) is 0.887. The number of pyridine rings is 1. The molecule has 1 N–H and O–H groups in total. The number of aromatic nitrogens is 4. The number of amides is 1. The molecule has 1 fully saturated rings. The number of nitrogens with one attached hydrogen (secondary N) is 1. The lowest BCUT2D eigenvalue weighted by atomic mass is 10.2. The molecule has 0 unspecified atom stereocenters. The van der Waals surface area contributed by atoms with E-state index in [9.17, 15) is 4.79 Å². The van der Waals surface area contributed by atoms with Gasteiger partial charge in [0.05, 0.1) is 0 Å². The van der Waals surface area contributed by atoms with Crippen molar-refractivity contribution in [2.45, 2.75) is 13.5 Å². The number of hydrogen-bond donors (Lipinski definition) is 1. The summed E-state index contributed by atoms with van der Waals surface area (Å²) in [6.45, 7) is 5.81. The van der Waals surface area contributed by atoms with Gasteiger partial charge in [-0.3, -0.25) is 19.8 Å². The Labute approximate surface area is 123 Å². The van der Waals surface area contributed by atoms with Gasteiger partial charge in [0.2, 0.25) is 5.82 Å². The van der Waals surface area contributed by atoms with Crippen molar-refractivity contribution in [1.82, 2.24) is 30.0 Å². The van der Waals surface area contributed by atoms with Gasteiger partial charge in [-0.25, -0.2) is 4.98 Å². The molecule has 2 aromatic heterocycles. The van der Waals surface area contributed by atoms with E-state index in [0.29, 0.717) is 18.9 Å². The van der Waals surface area contributed by atoms with Gasteiger partial charge < -0.3 is 4.90 Å². The number of rotatable bonds is 3. The molecule has 0 radical (unpaired) electrons. The Hall–Kier alpha value is -2.28. The summed E-state index contributed by atoms with van der Waals surface area (Å²) in [6.07, 6.45) is 3.61. The van der Waals surface area contributed by atoms with Crippen LogP contribution in [0.2, 0.25) is 0 Å². The van der Waals surface area contributed by atoms with Crippen LogP contribution in [0.3, 0.4) is 0 Å². The number of aryl methyl sites for hydroxylation is 1. The van der Waals surface area contributed by atoms with E-state index in [2.05, 4.69) is 25.1 Å². The van der Waals surface area contributed by atoms with Crippen LogP contribution < -0.4 is 0 Å². The third kappa shape index (κ3) is 3.25. The first-order valence-electron chi connectivity index (χ1n) is 7.02. The summed E-state index contributed by atoms with van der Waals surface area (Å²) >= 11 is 0. The molecule has 0 atom stereocenters. The van der Waals surface area contributed by atoms with Crippen LogP contribution in [0.25, 0.3) is 0 Å². The van der Waals surface area contributed by atoms with E-state index in [1.165, 1.54) is 5.56 Å². The fraction of sp³-hybridized carbons (Fsp3) is 0.429. The van der Waals surface area contributed by atoms with Gasteiger partial charge in [-0.05, 0) is 24.6 Å². The molecular weight excluding hydrogens is 268 g/mol. The van der Waals surface area contributed by atoms with Crippen molar-refractivity contribution < 1.29 is 4.79 Å². The lowest BCUT2D eigenvalue weighted by Crippen LogP contribution is -2.48. The molecular formula is C14H18N6O. The molecule has 1 amide bonds. The van der Waals surface area contributed by atoms with Gasteiger partial charge in [-0.1, -0.05) is 0 Å². The summed E-state index contributed by atoms with van der Waals surface area (Å²) < 4.78 is 0. The number of nitrogens with zero attached hydrogens (tertiary/aromatic N) is 5. The molecule has 0 aromatic carbocycles. The van der Waals surface area contributed by atoms with Gasteiger partial charge >= 0.3 is 0 Å². The zero-order chi connectivity index (χ0) is 14.7. The second-order valence-electron chi connectivity index (χ2n) is 5.17. The lowest BCUT2D eigenvalue weighted by molar-refractivity contribution is 0.0617. The number of H-pyrrole nitrogens is 1. The maximum absolute atomic E-state index is 12.2. The molecule has 0 aliphatic carbocycles. The largest absolute Gasteiger partial charge is 0.333 e. The van der Waals surface area contributed by atoms with Crippen molar-refractivity contribution in [3.63, 3.8) is 0 Å². The van der Waals surface area contributed by atoms with E-state index in [4.69, 9.17) is 0 Å². The molecule has 2 aromatic rings. The minimum Gasteiger partial charge on any atom is -0.333 e. The van der Waals surface area contributed by atoms with Crippen LogP contribution in [-0.4, -0.2) is 62.1 Å².